The number of nitrogens with one attached hydrogen (secondary N) is 1. The second-order valence-corrected chi connectivity index (χ2v) is 8.53. The number of urea groups is 1. The Labute approximate surface area is 196 Å². The zero-order valence-electron chi connectivity index (χ0n) is 18.8. The highest BCUT2D eigenvalue weighted by molar-refractivity contribution is 6.07. The summed E-state index contributed by atoms with van der Waals surface area (Å²) >= 11 is 0. The summed E-state index contributed by atoms with van der Waals surface area (Å²) in [6.07, 6.45) is 2.69. The largest absolute Gasteiger partial charge is 0.463 e. The van der Waals surface area contributed by atoms with E-state index in [0.29, 0.717) is 19.4 Å². The van der Waals surface area contributed by atoms with Crippen LogP contribution in [-0.4, -0.2) is 43.8 Å². The van der Waals surface area contributed by atoms with Gasteiger partial charge in [-0.2, -0.15) is 0 Å². The molecule has 172 valence electrons. The quantitative estimate of drug-likeness (QED) is 0.655. The third-order valence-electron chi connectivity index (χ3n) is 5.92. The molecule has 1 N–H and O–H groups in total. The minimum Gasteiger partial charge on any atom is -0.463 e. The molecular formula is C25H32ClN3O3. The lowest BCUT2D eigenvalue weighted by Crippen LogP contribution is -2.35. The SMILES string of the molecule is CC(C)OC(=O)CCC1CN(c2ccccc2)C(=O)N1c1ccc2c(c1)CCNCC2.Cl. The van der Waals surface area contributed by atoms with Gasteiger partial charge in [0.1, 0.15) is 0 Å². The normalized spacial score (nSPS) is 18.2. The number of esters is 1. The summed E-state index contributed by atoms with van der Waals surface area (Å²) in [7, 11) is 0. The molecule has 2 aromatic rings. The maximum Gasteiger partial charge on any atom is 0.329 e. The molecule has 1 atom stereocenters. The van der Waals surface area contributed by atoms with Crippen molar-refractivity contribution in [2.45, 2.75) is 51.7 Å². The lowest BCUT2D eigenvalue weighted by Gasteiger charge is -2.24. The van der Waals surface area contributed by atoms with Crippen LogP contribution >= 0.6 is 12.4 Å². The highest BCUT2D eigenvalue weighted by Gasteiger charge is 2.39. The molecule has 0 bridgehead atoms. The number of halogens is 1. The van der Waals surface area contributed by atoms with Gasteiger partial charge in [-0.05, 0) is 81.6 Å². The third kappa shape index (κ3) is 5.43. The van der Waals surface area contributed by atoms with E-state index < -0.39 is 0 Å². The number of amides is 2. The van der Waals surface area contributed by atoms with Crippen molar-refractivity contribution in [1.82, 2.24) is 5.32 Å². The monoisotopic (exact) mass is 457 g/mol. The molecule has 1 unspecified atom stereocenters. The molecule has 32 heavy (non-hydrogen) atoms. The molecule has 2 aliphatic heterocycles. The van der Waals surface area contributed by atoms with E-state index in [9.17, 15) is 9.59 Å². The first-order valence-electron chi connectivity index (χ1n) is 11.2. The second-order valence-electron chi connectivity index (χ2n) is 8.53. The van der Waals surface area contributed by atoms with E-state index in [4.69, 9.17) is 4.74 Å². The minimum atomic E-state index is -0.214. The van der Waals surface area contributed by atoms with Gasteiger partial charge in [-0.25, -0.2) is 4.79 Å². The zero-order valence-corrected chi connectivity index (χ0v) is 19.6. The average Bonchev–Trinajstić information content (AvgIpc) is 2.92. The Morgan fingerprint density at radius 2 is 1.78 bits per heavy atom. The number of nitrogens with zero attached hydrogens (tertiary/aromatic N) is 2. The van der Waals surface area contributed by atoms with Crippen molar-refractivity contribution in [2.24, 2.45) is 0 Å². The summed E-state index contributed by atoms with van der Waals surface area (Å²) in [6, 6.07) is 16.0. The number of hydrogen-bond acceptors (Lipinski definition) is 4. The highest BCUT2D eigenvalue weighted by Crippen LogP contribution is 2.32. The predicted octanol–water partition coefficient (Wildman–Crippen LogP) is 4.34. The van der Waals surface area contributed by atoms with Gasteiger partial charge >= 0.3 is 12.0 Å². The van der Waals surface area contributed by atoms with Gasteiger partial charge < -0.3 is 10.1 Å². The van der Waals surface area contributed by atoms with Gasteiger partial charge in [-0.15, -0.1) is 12.4 Å². The first-order chi connectivity index (χ1) is 15.0. The van der Waals surface area contributed by atoms with Crippen LogP contribution in [0.15, 0.2) is 48.5 Å². The van der Waals surface area contributed by atoms with Crippen LogP contribution in [0.4, 0.5) is 16.2 Å². The molecule has 0 radical (unpaired) electrons. The van der Waals surface area contributed by atoms with E-state index in [0.717, 1.165) is 37.3 Å². The van der Waals surface area contributed by atoms with Crippen molar-refractivity contribution in [3.63, 3.8) is 0 Å². The zero-order chi connectivity index (χ0) is 21.8. The lowest BCUT2D eigenvalue weighted by molar-refractivity contribution is -0.147. The maximum absolute atomic E-state index is 13.5. The van der Waals surface area contributed by atoms with E-state index in [2.05, 4.69) is 23.5 Å². The summed E-state index contributed by atoms with van der Waals surface area (Å²) in [5, 5.41) is 3.44. The molecular weight excluding hydrogens is 426 g/mol. The molecule has 2 aliphatic rings. The van der Waals surface area contributed by atoms with Crippen molar-refractivity contribution in [1.29, 1.82) is 0 Å². The number of hydrogen-bond donors (Lipinski definition) is 1. The average molecular weight is 458 g/mol. The van der Waals surface area contributed by atoms with Crippen molar-refractivity contribution in [2.75, 3.05) is 29.4 Å². The Hall–Kier alpha value is -2.57. The molecule has 1 saturated heterocycles. The van der Waals surface area contributed by atoms with Crippen LogP contribution in [0, 0.1) is 0 Å². The number of rotatable bonds is 6. The summed E-state index contributed by atoms with van der Waals surface area (Å²) in [6.45, 7) is 6.19. The predicted molar refractivity (Wildman–Crippen MR) is 130 cm³/mol. The fourth-order valence-corrected chi connectivity index (χ4v) is 4.44. The van der Waals surface area contributed by atoms with Crippen LogP contribution in [0.25, 0.3) is 0 Å². The number of fused-ring (bicyclic) bond motifs is 1. The standard InChI is InChI=1S/C25H31N3O3.ClH/c1-18(2)31-24(29)11-10-23-17-27(21-6-4-3-5-7-21)25(30)28(23)22-9-8-19-12-14-26-15-13-20(19)16-22;/h3-9,16,18,23,26H,10-15,17H2,1-2H3;1H. The molecule has 0 spiro atoms. The Morgan fingerprint density at radius 1 is 1.06 bits per heavy atom. The number of para-hydroxylation sites is 1. The molecule has 0 aliphatic carbocycles. The van der Waals surface area contributed by atoms with Gasteiger partial charge in [0.2, 0.25) is 0 Å². The maximum atomic E-state index is 13.5. The molecule has 6 nitrogen and oxygen atoms in total. The van der Waals surface area contributed by atoms with E-state index in [1.807, 2.05) is 54.0 Å². The van der Waals surface area contributed by atoms with E-state index >= 15 is 0 Å². The molecule has 1 fully saturated rings. The number of ether oxygens (including phenoxy) is 1. The van der Waals surface area contributed by atoms with Crippen LogP contribution in [0.5, 0.6) is 0 Å². The molecule has 2 heterocycles. The van der Waals surface area contributed by atoms with Gasteiger partial charge in [0.05, 0.1) is 12.1 Å². The van der Waals surface area contributed by atoms with Crippen molar-refractivity contribution >= 4 is 35.8 Å². The van der Waals surface area contributed by atoms with Crippen LogP contribution in [0.1, 0.15) is 37.8 Å². The van der Waals surface area contributed by atoms with E-state index in [1.54, 1.807) is 0 Å². The molecule has 0 aromatic heterocycles. The number of anilines is 2. The number of carbonyl (C=O) groups is 2. The Kier molecular flexibility index (Phi) is 8.15. The van der Waals surface area contributed by atoms with E-state index in [-0.39, 0.29) is 36.6 Å². The fraction of sp³-hybridized carbons (Fsp3) is 0.440. The topological polar surface area (TPSA) is 61.9 Å². The molecule has 0 saturated carbocycles. The summed E-state index contributed by atoms with van der Waals surface area (Å²) in [5.41, 5.74) is 4.43. The number of benzene rings is 2. The van der Waals surface area contributed by atoms with Crippen molar-refractivity contribution in [3.05, 3.63) is 59.7 Å². The van der Waals surface area contributed by atoms with Crippen LogP contribution < -0.4 is 15.1 Å². The van der Waals surface area contributed by atoms with Crippen LogP contribution in [-0.2, 0) is 22.4 Å². The lowest BCUT2D eigenvalue weighted by atomic mass is 10.0. The minimum absolute atomic E-state index is 0. The van der Waals surface area contributed by atoms with Gasteiger partial charge in [0.25, 0.3) is 0 Å². The van der Waals surface area contributed by atoms with Gasteiger partial charge in [-0.1, -0.05) is 24.3 Å². The fourth-order valence-electron chi connectivity index (χ4n) is 4.44. The second kappa shape index (κ2) is 10.8. The molecule has 7 heteroatoms. The van der Waals surface area contributed by atoms with Gasteiger partial charge in [0, 0.05) is 24.3 Å². The summed E-state index contributed by atoms with van der Waals surface area (Å²) < 4.78 is 5.31. The van der Waals surface area contributed by atoms with Gasteiger partial charge in [-0.3, -0.25) is 14.6 Å². The van der Waals surface area contributed by atoms with Gasteiger partial charge in [0.15, 0.2) is 0 Å². The Bertz CT molecular complexity index is 935. The van der Waals surface area contributed by atoms with Crippen molar-refractivity contribution in [3.8, 4) is 0 Å². The first-order valence-corrected chi connectivity index (χ1v) is 11.2. The molecule has 2 amide bonds. The molecule has 2 aromatic carbocycles. The summed E-state index contributed by atoms with van der Waals surface area (Å²) in [5.74, 6) is -0.214. The Morgan fingerprint density at radius 3 is 2.50 bits per heavy atom. The molecule has 4 rings (SSSR count). The van der Waals surface area contributed by atoms with Crippen LogP contribution in [0.2, 0.25) is 0 Å². The van der Waals surface area contributed by atoms with Crippen molar-refractivity contribution < 1.29 is 14.3 Å². The summed E-state index contributed by atoms with van der Waals surface area (Å²) in [4.78, 5) is 29.3. The van der Waals surface area contributed by atoms with Crippen LogP contribution in [0.3, 0.4) is 0 Å². The Balaban J connectivity index is 0.00000289. The first kappa shape index (κ1) is 24.1. The highest BCUT2D eigenvalue weighted by atomic mass is 35.5. The number of carbonyl (C=O) groups excluding carboxylic acids is 2. The van der Waals surface area contributed by atoms with E-state index in [1.165, 1.54) is 11.1 Å². The third-order valence-corrected chi connectivity index (χ3v) is 5.92. The smallest absolute Gasteiger partial charge is 0.329 e.